The van der Waals surface area contributed by atoms with Crippen LogP contribution in [0.15, 0.2) is 64.4 Å². The highest BCUT2D eigenvalue weighted by Crippen LogP contribution is 2.67. The van der Waals surface area contributed by atoms with Gasteiger partial charge >= 0.3 is 29.7 Å². The normalized spacial score (nSPS) is 19.1. The van der Waals surface area contributed by atoms with E-state index >= 15 is 26.3 Å². The van der Waals surface area contributed by atoms with Crippen LogP contribution in [0.5, 0.6) is 5.75 Å². The lowest BCUT2D eigenvalue weighted by molar-refractivity contribution is -0.258. The molecule has 45 heavy (non-hydrogen) atoms. The maximum atomic E-state index is 16.0. The maximum absolute atomic E-state index is 16.0. The average molecular weight is 671 g/mol. The van der Waals surface area contributed by atoms with Crippen molar-refractivity contribution in [1.29, 1.82) is 0 Å². The van der Waals surface area contributed by atoms with Crippen molar-refractivity contribution in [1.82, 2.24) is 0 Å². The molecule has 0 spiro atoms. The Kier molecular flexibility index (Phi) is 7.84. The third-order valence-electron chi connectivity index (χ3n) is 7.64. The molecule has 0 saturated carbocycles. The molecule has 0 atom stereocenters. The molecule has 238 valence electrons. The lowest BCUT2D eigenvalue weighted by atomic mass is 9.88. The molecule has 14 heteroatoms. The molecule has 1 aliphatic heterocycles. The molecular weight excluding hydrogens is 646 g/mol. The summed E-state index contributed by atoms with van der Waals surface area (Å²) in [5.74, 6) is -20.2. The van der Waals surface area contributed by atoms with Crippen LogP contribution in [0.3, 0.4) is 0 Å². The summed E-state index contributed by atoms with van der Waals surface area (Å²) in [5, 5.41) is -0.0245. The standard InChI is InChI=1S/C31H24F6O6S2/c1-5-7-12-42-28(39)17-13-19(43-22(38)6-2)25-21(14-17)45(40,41)16(4)24(25)27-26(29(32,33)31(36,37)30(27,34)35)23-15(3)44-20-11-9-8-10-18(20)23/h6,8-11,13-14H,2,5,7,12H2,1,3-4H3. The van der Waals surface area contributed by atoms with Crippen LogP contribution in [0.25, 0.3) is 21.2 Å². The van der Waals surface area contributed by atoms with Crippen LogP contribution in [0.2, 0.25) is 0 Å². The number of hydrogen-bond donors (Lipinski definition) is 0. The van der Waals surface area contributed by atoms with Crippen LogP contribution in [0.1, 0.15) is 53.1 Å². The Balaban J connectivity index is 1.91. The topological polar surface area (TPSA) is 86.7 Å². The van der Waals surface area contributed by atoms with Crippen molar-refractivity contribution < 1.29 is 53.8 Å². The van der Waals surface area contributed by atoms with E-state index in [0.717, 1.165) is 30.4 Å². The van der Waals surface area contributed by atoms with Gasteiger partial charge in [-0.1, -0.05) is 38.1 Å². The fourth-order valence-electron chi connectivity index (χ4n) is 5.43. The number of hydrogen-bond acceptors (Lipinski definition) is 7. The van der Waals surface area contributed by atoms with Crippen LogP contribution < -0.4 is 4.74 Å². The SMILES string of the molecule is C=CC(=O)Oc1cc(C(=O)OCCCC)cc2c1C(C1=C(c3c(C)sc4ccccc34)C(F)(F)C(F)(F)C1(F)F)=C(C)S2(=O)=O. The summed E-state index contributed by atoms with van der Waals surface area (Å²) in [6, 6.07) is 7.30. The van der Waals surface area contributed by atoms with Crippen LogP contribution in [0.4, 0.5) is 26.3 Å². The second kappa shape index (κ2) is 10.9. The number of unbranched alkanes of at least 4 members (excludes halogenated alkanes) is 1. The molecule has 6 nitrogen and oxygen atoms in total. The number of allylic oxidation sites excluding steroid dienone is 4. The third kappa shape index (κ3) is 4.63. The summed E-state index contributed by atoms with van der Waals surface area (Å²) in [4.78, 5) is 23.2. The molecular formula is C31H24F6O6S2. The van der Waals surface area contributed by atoms with E-state index in [-0.39, 0.29) is 16.9 Å². The zero-order chi connectivity index (χ0) is 33.3. The van der Waals surface area contributed by atoms with Gasteiger partial charge in [0.2, 0.25) is 9.84 Å². The zero-order valence-electron chi connectivity index (χ0n) is 23.9. The van der Waals surface area contributed by atoms with Gasteiger partial charge in [0.25, 0.3) is 0 Å². The lowest BCUT2D eigenvalue weighted by Gasteiger charge is -2.26. The minimum Gasteiger partial charge on any atom is -0.462 e. The quantitative estimate of drug-likeness (QED) is 0.0791. The van der Waals surface area contributed by atoms with Crippen molar-refractivity contribution in [2.75, 3.05) is 6.61 Å². The van der Waals surface area contributed by atoms with E-state index in [1.165, 1.54) is 25.1 Å². The van der Waals surface area contributed by atoms with Gasteiger partial charge in [0.15, 0.2) is 0 Å². The molecule has 0 fully saturated rings. The number of rotatable bonds is 8. The van der Waals surface area contributed by atoms with E-state index in [1.54, 1.807) is 6.07 Å². The minimum absolute atomic E-state index is 0.000290. The number of alkyl halides is 6. The molecule has 0 bridgehead atoms. The number of carbonyl (C=O) groups is 2. The van der Waals surface area contributed by atoms with Gasteiger partial charge in [0.05, 0.1) is 22.0 Å². The van der Waals surface area contributed by atoms with Gasteiger partial charge < -0.3 is 9.47 Å². The maximum Gasteiger partial charge on any atom is 0.380 e. The molecule has 1 aliphatic carbocycles. The van der Waals surface area contributed by atoms with E-state index in [4.69, 9.17) is 9.47 Å². The summed E-state index contributed by atoms with van der Waals surface area (Å²) in [7, 11) is -4.89. The largest absolute Gasteiger partial charge is 0.462 e. The lowest BCUT2D eigenvalue weighted by Crippen LogP contribution is -2.49. The Hall–Kier alpha value is -3.91. The first-order valence-electron chi connectivity index (χ1n) is 13.5. The van der Waals surface area contributed by atoms with Gasteiger partial charge in [-0.2, -0.15) is 26.3 Å². The number of ether oxygens (including phenoxy) is 2. The van der Waals surface area contributed by atoms with E-state index < -0.39 is 88.5 Å². The van der Waals surface area contributed by atoms with Crippen molar-refractivity contribution >= 4 is 54.3 Å². The Morgan fingerprint density at radius 1 is 0.978 bits per heavy atom. The molecule has 0 N–H and O–H groups in total. The van der Waals surface area contributed by atoms with Gasteiger partial charge in [-0.05, 0) is 38.5 Å². The predicted octanol–water partition coefficient (Wildman–Crippen LogP) is 8.15. The molecule has 5 rings (SSSR count). The Bertz CT molecular complexity index is 1970. The first-order chi connectivity index (χ1) is 20.9. The number of carbonyl (C=O) groups excluding carboxylic acids is 2. The average Bonchev–Trinajstić information content (AvgIpc) is 3.44. The molecule has 0 unspecified atom stereocenters. The predicted molar refractivity (Wildman–Crippen MR) is 156 cm³/mol. The number of aryl methyl sites for hydroxylation is 1. The molecule has 0 radical (unpaired) electrons. The number of fused-ring (bicyclic) bond motifs is 2. The van der Waals surface area contributed by atoms with Crippen LogP contribution in [0, 0.1) is 6.92 Å². The van der Waals surface area contributed by atoms with Gasteiger partial charge in [-0.15, -0.1) is 11.3 Å². The van der Waals surface area contributed by atoms with Crippen molar-refractivity contribution in [2.45, 2.75) is 56.3 Å². The second-order valence-corrected chi connectivity index (χ2v) is 13.7. The number of halogens is 6. The van der Waals surface area contributed by atoms with E-state index in [0.29, 0.717) is 23.6 Å². The van der Waals surface area contributed by atoms with Crippen molar-refractivity contribution in [2.24, 2.45) is 0 Å². The smallest absolute Gasteiger partial charge is 0.380 e. The summed E-state index contributed by atoms with van der Waals surface area (Å²) >= 11 is 0.902. The first-order valence-corrected chi connectivity index (χ1v) is 15.8. The number of thiophene rings is 1. The molecule has 2 aromatic carbocycles. The van der Waals surface area contributed by atoms with E-state index in [9.17, 15) is 18.0 Å². The van der Waals surface area contributed by atoms with E-state index in [1.807, 2.05) is 6.92 Å². The Labute approximate surface area is 257 Å². The highest BCUT2D eigenvalue weighted by Gasteiger charge is 2.81. The summed E-state index contributed by atoms with van der Waals surface area (Å²) in [6.07, 6.45) is 1.72. The highest BCUT2D eigenvalue weighted by atomic mass is 32.2. The van der Waals surface area contributed by atoms with Crippen molar-refractivity contribution in [3.8, 4) is 5.75 Å². The second-order valence-electron chi connectivity index (χ2n) is 10.4. The van der Waals surface area contributed by atoms with Gasteiger partial charge in [0, 0.05) is 48.9 Å². The monoisotopic (exact) mass is 670 g/mol. The van der Waals surface area contributed by atoms with Gasteiger partial charge in [-0.3, -0.25) is 0 Å². The molecule has 2 heterocycles. The van der Waals surface area contributed by atoms with Gasteiger partial charge in [-0.25, -0.2) is 18.0 Å². The molecule has 3 aromatic rings. The molecule has 2 aliphatic rings. The number of esters is 2. The first kappa shape index (κ1) is 32.5. The summed E-state index contributed by atoms with van der Waals surface area (Å²) in [6.45, 7) is 7.05. The Morgan fingerprint density at radius 2 is 1.62 bits per heavy atom. The summed E-state index contributed by atoms with van der Waals surface area (Å²) in [5.41, 5.74) is -6.80. The van der Waals surface area contributed by atoms with Crippen LogP contribution >= 0.6 is 11.3 Å². The fraction of sp³-hybridized carbons (Fsp3) is 0.290. The summed E-state index contributed by atoms with van der Waals surface area (Å²) < 4.78 is 132. The molecule has 0 saturated heterocycles. The molecule has 1 aromatic heterocycles. The fourth-order valence-corrected chi connectivity index (χ4v) is 8.06. The Morgan fingerprint density at radius 3 is 2.27 bits per heavy atom. The van der Waals surface area contributed by atoms with E-state index in [2.05, 4.69) is 6.58 Å². The number of sulfone groups is 1. The van der Waals surface area contributed by atoms with Gasteiger partial charge in [0.1, 0.15) is 5.75 Å². The van der Waals surface area contributed by atoms with Crippen molar-refractivity contribution in [3.63, 3.8) is 0 Å². The third-order valence-corrected chi connectivity index (χ3v) is 10.6. The zero-order valence-corrected chi connectivity index (χ0v) is 25.5. The molecule has 0 amide bonds. The highest BCUT2D eigenvalue weighted by molar-refractivity contribution is 7.96. The van der Waals surface area contributed by atoms with Crippen LogP contribution in [-0.4, -0.2) is 44.7 Å². The minimum atomic E-state index is -6.00. The van der Waals surface area contributed by atoms with Crippen LogP contribution in [-0.2, 0) is 19.4 Å². The number of benzene rings is 2. The van der Waals surface area contributed by atoms with Crippen molar-refractivity contribution in [3.05, 3.63) is 81.1 Å².